The Hall–Kier alpha value is -7.84. The van der Waals surface area contributed by atoms with Gasteiger partial charge in [0.2, 0.25) is 0 Å². The summed E-state index contributed by atoms with van der Waals surface area (Å²) in [5.74, 6) is 1.64. The van der Waals surface area contributed by atoms with Gasteiger partial charge in [-0.2, -0.15) is 0 Å². The second-order valence-corrected chi connectivity index (χ2v) is 13.6. The number of amidine groups is 2. The Morgan fingerprint density at radius 3 is 2.02 bits per heavy atom. The first-order valence-corrected chi connectivity index (χ1v) is 18.7. The van der Waals surface area contributed by atoms with Crippen LogP contribution >= 0.6 is 0 Å². The van der Waals surface area contributed by atoms with E-state index in [4.69, 9.17) is 29.4 Å². The molecule has 0 saturated heterocycles. The lowest BCUT2D eigenvalue weighted by Crippen LogP contribution is -2.05. The molecule has 0 fully saturated rings. The van der Waals surface area contributed by atoms with Crippen LogP contribution < -0.4 is 0 Å². The Bertz CT molecular complexity index is 3150. The van der Waals surface area contributed by atoms with Crippen molar-refractivity contribution < 1.29 is 4.42 Å². The Morgan fingerprint density at radius 2 is 1.28 bits per heavy atom. The predicted molar refractivity (Wildman–Crippen MR) is 232 cm³/mol. The van der Waals surface area contributed by atoms with Gasteiger partial charge in [0.05, 0.1) is 23.3 Å². The third-order valence-electron chi connectivity index (χ3n) is 10.1. The molecule has 6 aromatic carbocycles. The number of furan rings is 1. The molecule has 8 heteroatoms. The van der Waals surface area contributed by atoms with E-state index in [-0.39, 0.29) is 0 Å². The number of hydrogen-bond acceptors (Lipinski definition) is 5. The minimum atomic E-state index is 0.301. The van der Waals surface area contributed by atoms with Crippen molar-refractivity contribution in [2.45, 2.75) is 6.54 Å². The molecule has 10 aromatic rings. The summed E-state index contributed by atoms with van der Waals surface area (Å²) in [6, 6.07) is 56.9. The van der Waals surface area contributed by atoms with Gasteiger partial charge in [-0.05, 0) is 55.2 Å². The van der Waals surface area contributed by atoms with E-state index in [0.29, 0.717) is 35.3 Å². The lowest BCUT2D eigenvalue weighted by Gasteiger charge is -2.09. The molecule has 0 radical (unpaired) electrons. The molecular formula is C49H33N7O. The third-order valence-corrected chi connectivity index (χ3v) is 10.1. The molecule has 57 heavy (non-hydrogen) atoms. The minimum absolute atomic E-state index is 0.301. The van der Waals surface area contributed by atoms with Crippen molar-refractivity contribution in [1.29, 1.82) is 0 Å². The van der Waals surface area contributed by atoms with Crippen molar-refractivity contribution in [1.82, 2.24) is 19.5 Å². The van der Waals surface area contributed by atoms with Crippen LogP contribution in [-0.2, 0) is 6.54 Å². The highest BCUT2D eigenvalue weighted by atomic mass is 16.3. The van der Waals surface area contributed by atoms with Crippen molar-refractivity contribution in [3.8, 4) is 28.3 Å². The smallest absolute Gasteiger partial charge is 0.180 e. The summed E-state index contributed by atoms with van der Waals surface area (Å²) >= 11 is 0. The van der Waals surface area contributed by atoms with Crippen LogP contribution in [0.15, 0.2) is 195 Å². The molecule has 4 heterocycles. The van der Waals surface area contributed by atoms with Crippen LogP contribution in [0.3, 0.4) is 0 Å². The van der Waals surface area contributed by atoms with Crippen LogP contribution in [-0.4, -0.2) is 37.9 Å². The van der Waals surface area contributed by atoms with Gasteiger partial charge in [0.1, 0.15) is 16.8 Å². The SMILES string of the molecule is C=NC(=NC(=NCc1ccc(-c2nc(-c3cccc4c3c3ccccc3n4-c3ccccc3)nc3c2oc2ccccc23)cn1)c1ccccc1)c1ccccc1. The van der Waals surface area contributed by atoms with Gasteiger partial charge in [0.15, 0.2) is 23.1 Å². The summed E-state index contributed by atoms with van der Waals surface area (Å²) in [7, 11) is 0. The molecule has 0 spiro atoms. The van der Waals surface area contributed by atoms with Gasteiger partial charge in [-0.3, -0.25) is 9.98 Å². The summed E-state index contributed by atoms with van der Waals surface area (Å²) in [6.07, 6.45) is 1.83. The van der Waals surface area contributed by atoms with Crippen LogP contribution in [0.5, 0.6) is 0 Å². The van der Waals surface area contributed by atoms with Crippen molar-refractivity contribution in [2.75, 3.05) is 0 Å². The molecule has 0 aliphatic heterocycles. The molecule has 0 unspecified atom stereocenters. The Kier molecular flexibility index (Phi) is 8.53. The van der Waals surface area contributed by atoms with Crippen LogP contribution in [0.1, 0.15) is 16.8 Å². The number of fused-ring (bicyclic) bond motifs is 6. The first kappa shape index (κ1) is 33.7. The molecule has 0 aliphatic carbocycles. The van der Waals surface area contributed by atoms with E-state index in [9.17, 15) is 0 Å². The zero-order valence-corrected chi connectivity index (χ0v) is 30.7. The van der Waals surface area contributed by atoms with E-state index in [1.807, 2.05) is 109 Å². The first-order valence-electron chi connectivity index (χ1n) is 18.7. The fourth-order valence-electron chi connectivity index (χ4n) is 7.44. The molecular weight excluding hydrogens is 703 g/mol. The average molecular weight is 736 g/mol. The molecule has 8 nitrogen and oxygen atoms in total. The van der Waals surface area contributed by atoms with E-state index in [1.165, 1.54) is 0 Å². The molecule has 0 bridgehead atoms. The number of benzene rings is 6. The fraction of sp³-hybridized carbons (Fsp3) is 0.0204. The maximum atomic E-state index is 6.48. The number of rotatable bonds is 7. The Morgan fingerprint density at radius 1 is 0.614 bits per heavy atom. The molecule has 4 aromatic heterocycles. The van der Waals surface area contributed by atoms with Gasteiger partial charge in [-0.25, -0.2) is 20.0 Å². The Labute approximate surface area is 327 Å². The van der Waals surface area contributed by atoms with Gasteiger partial charge < -0.3 is 8.98 Å². The van der Waals surface area contributed by atoms with Gasteiger partial charge in [0.25, 0.3) is 0 Å². The molecule has 0 amide bonds. The number of para-hydroxylation sites is 3. The van der Waals surface area contributed by atoms with E-state index in [1.54, 1.807) is 0 Å². The van der Waals surface area contributed by atoms with Crippen molar-refractivity contribution >= 4 is 62.3 Å². The number of pyridine rings is 1. The summed E-state index contributed by atoms with van der Waals surface area (Å²) < 4.78 is 8.79. The zero-order chi connectivity index (χ0) is 38.1. The van der Waals surface area contributed by atoms with Gasteiger partial charge in [0, 0.05) is 50.3 Å². The first-order chi connectivity index (χ1) is 28.2. The minimum Gasteiger partial charge on any atom is -0.452 e. The van der Waals surface area contributed by atoms with E-state index < -0.39 is 0 Å². The molecule has 270 valence electrons. The summed E-state index contributed by atoms with van der Waals surface area (Å²) in [4.78, 5) is 29.4. The van der Waals surface area contributed by atoms with Crippen LogP contribution in [0, 0.1) is 0 Å². The van der Waals surface area contributed by atoms with E-state index >= 15 is 0 Å². The van der Waals surface area contributed by atoms with Crippen LogP contribution in [0.4, 0.5) is 0 Å². The quantitative estimate of drug-likeness (QED) is 0.120. The van der Waals surface area contributed by atoms with Crippen molar-refractivity contribution in [3.63, 3.8) is 0 Å². The summed E-state index contributed by atoms with van der Waals surface area (Å²) in [5, 5.41) is 3.13. The lowest BCUT2D eigenvalue weighted by molar-refractivity contribution is 0.667. The number of aromatic nitrogens is 4. The molecule has 0 N–H and O–H groups in total. The molecule has 0 aliphatic rings. The average Bonchev–Trinajstić information content (AvgIpc) is 3.83. The third kappa shape index (κ3) is 6.15. The molecule has 0 saturated carbocycles. The Balaban J connectivity index is 1.09. The maximum absolute atomic E-state index is 6.48. The highest BCUT2D eigenvalue weighted by Crippen LogP contribution is 2.40. The fourth-order valence-corrected chi connectivity index (χ4v) is 7.44. The van der Waals surface area contributed by atoms with Crippen LogP contribution in [0.2, 0.25) is 0 Å². The summed E-state index contributed by atoms with van der Waals surface area (Å²) in [5.41, 5.74) is 10.3. The second-order valence-electron chi connectivity index (χ2n) is 13.6. The standard InChI is InChI=1S/C49H33N7O/c1-50-47(32-16-5-2-6-17-32)55-48(33-18-7-3-8-19-33)52-31-35-29-28-34(30-51-35)44-46-45(38-23-12-14-27-42(38)57-46)54-49(53-44)39-24-15-26-41-43(39)37-22-11-13-25-40(37)56(41)36-20-9-4-10-21-36/h2-30H,1,31H2. The van der Waals surface area contributed by atoms with Gasteiger partial charge in [-0.15, -0.1) is 0 Å². The van der Waals surface area contributed by atoms with Gasteiger partial charge in [-0.1, -0.05) is 121 Å². The van der Waals surface area contributed by atoms with E-state index in [2.05, 4.69) is 83.0 Å². The van der Waals surface area contributed by atoms with Crippen molar-refractivity contribution in [2.24, 2.45) is 15.0 Å². The van der Waals surface area contributed by atoms with Crippen LogP contribution in [0.25, 0.3) is 72.2 Å². The number of aliphatic imine (C=N–C) groups is 3. The second kappa shape index (κ2) is 14.4. The zero-order valence-electron chi connectivity index (χ0n) is 30.7. The largest absolute Gasteiger partial charge is 0.452 e. The van der Waals surface area contributed by atoms with Gasteiger partial charge >= 0.3 is 0 Å². The monoisotopic (exact) mass is 735 g/mol. The lowest BCUT2D eigenvalue weighted by atomic mass is 10.0. The van der Waals surface area contributed by atoms with E-state index in [0.717, 1.165) is 71.9 Å². The number of nitrogens with zero attached hydrogens (tertiary/aromatic N) is 7. The summed E-state index contributed by atoms with van der Waals surface area (Å²) in [6.45, 7) is 4.08. The highest BCUT2D eigenvalue weighted by Gasteiger charge is 2.22. The normalized spacial score (nSPS) is 12.2. The molecule has 10 rings (SSSR count). The highest BCUT2D eigenvalue weighted by molar-refractivity contribution is 6.16. The topological polar surface area (TPSA) is 93.8 Å². The molecule has 0 atom stereocenters. The predicted octanol–water partition coefficient (Wildman–Crippen LogP) is 11.3. The van der Waals surface area contributed by atoms with Crippen molar-refractivity contribution in [3.05, 3.63) is 193 Å². The maximum Gasteiger partial charge on any atom is 0.180 e. The number of hydrogen-bond donors (Lipinski definition) is 0.